The second-order valence-corrected chi connectivity index (χ2v) is 6.73. The van der Waals surface area contributed by atoms with Gasteiger partial charge < -0.3 is 15.0 Å². The van der Waals surface area contributed by atoms with E-state index in [0.29, 0.717) is 22.9 Å². The van der Waals surface area contributed by atoms with Crippen molar-refractivity contribution in [3.05, 3.63) is 23.9 Å². The van der Waals surface area contributed by atoms with Gasteiger partial charge in [0.2, 0.25) is 0 Å². The number of likely N-dealkylation sites (tertiary alicyclic amines) is 1. The van der Waals surface area contributed by atoms with Gasteiger partial charge in [-0.1, -0.05) is 0 Å². The molecule has 0 unspecified atom stereocenters. The fourth-order valence-corrected chi connectivity index (χ4v) is 3.95. The Bertz CT molecular complexity index is 817. The first-order chi connectivity index (χ1) is 11.8. The van der Waals surface area contributed by atoms with E-state index in [1.54, 1.807) is 0 Å². The number of ether oxygens (including phenoxy) is 1. The number of piperidine rings is 1. The minimum atomic E-state index is -4.78. The van der Waals surface area contributed by atoms with Gasteiger partial charge in [-0.2, -0.15) is 5.10 Å². The first-order valence-corrected chi connectivity index (χ1v) is 8.05. The number of alkyl halides is 3. The van der Waals surface area contributed by atoms with Gasteiger partial charge in [0.15, 0.2) is 5.69 Å². The largest absolute Gasteiger partial charge is 0.573 e. The summed E-state index contributed by atoms with van der Waals surface area (Å²) in [6.45, 7) is 0.945. The van der Waals surface area contributed by atoms with Crippen LogP contribution >= 0.6 is 0 Å². The molecule has 2 N–H and O–H groups in total. The van der Waals surface area contributed by atoms with Gasteiger partial charge in [-0.3, -0.25) is 9.89 Å². The summed E-state index contributed by atoms with van der Waals surface area (Å²) >= 11 is 0. The minimum absolute atomic E-state index is 0.0788. The number of amides is 1. The van der Waals surface area contributed by atoms with Gasteiger partial charge in [0, 0.05) is 24.0 Å². The molecule has 2 bridgehead atoms. The van der Waals surface area contributed by atoms with Crippen LogP contribution in [0, 0.1) is 5.92 Å². The molecule has 2 aliphatic rings. The highest BCUT2D eigenvalue weighted by atomic mass is 19.4. The molecule has 2 heterocycles. The Morgan fingerprint density at radius 1 is 1.40 bits per heavy atom. The summed E-state index contributed by atoms with van der Waals surface area (Å²) in [6.07, 6.45) is -2.83. The van der Waals surface area contributed by atoms with Gasteiger partial charge in [-0.15, -0.1) is 13.2 Å². The first kappa shape index (κ1) is 16.2. The molecule has 1 amide bonds. The van der Waals surface area contributed by atoms with Crippen molar-refractivity contribution in [1.82, 2.24) is 20.4 Å². The number of carbonyl (C=O) groups is 1. The monoisotopic (exact) mass is 354 g/mol. The minimum Gasteiger partial charge on any atom is -0.406 e. The zero-order valence-corrected chi connectivity index (χ0v) is 13.4. The van der Waals surface area contributed by atoms with Crippen LogP contribution in [0.1, 0.15) is 23.3 Å². The topological polar surface area (TPSA) is 70.2 Å². The fourth-order valence-electron chi connectivity index (χ4n) is 3.95. The molecule has 25 heavy (non-hydrogen) atoms. The molecule has 6 nitrogen and oxygen atoms in total. The number of rotatable bonds is 3. The van der Waals surface area contributed by atoms with E-state index in [2.05, 4.69) is 32.2 Å². The molecular weight excluding hydrogens is 337 g/mol. The smallest absolute Gasteiger partial charge is 0.406 e. The molecule has 1 aromatic carbocycles. The third-order valence-electron chi connectivity index (χ3n) is 5.12. The maximum Gasteiger partial charge on any atom is 0.573 e. The molecule has 9 heteroatoms. The first-order valence-electron chi connectivity index (χ1n) is 8.05. The van der Waals surface area contributed by atoms with Crippen LogP contribution in [0.25, 0.3) is 10.9 Å². The van der Waals surface area contributed by atoms with E-state index in [-0.39, 0.29) is 23.4 Å². The van der Waals surface area contributed by atoms with Gasteiger partial charge in [-0.25, -0.2) is 0 Å². The number of hydrogen-bond acceptors (Lipinski definition) is 4. The van der Waals surface area contributed by atoms with Gasteiger partial charge in [0.25, 0.3) is 5.91 Å². The van der Waals surface area contributed by atoms with Crippen LogP contribution in [-0.2, 0) is 0 Å². The van der Waals surface area contributed by atoms with Gasteiger partial charge in [0.05, 0.1) is 5.52 Å². The molecular formula is C16H17F3N4O2. The highest BCUT2D eigenvalue weighted by Gasteiger charge is 2.43. The van der Waals surface area contributed by atoms with E-state index in [0.717, 1.165) is 19.4 Å². The molecule has 1 saturated carbocycles. The molecule has 3 atom stereocenters. The number of nitrogens with zero attached hydrogens (tertiary/aromatic N) is 2. The number of aromatic nitrogens is 2. The Labute approximate surface area is 141 Å². The summed E-state index contributed by atoms with van der Waals surface area (Å²) < 4.78 is 41.1. The van der Waals surface area contributed by atoms with Crippen LogP contribution in [0.4, 0.5) is 13.2 Å². The Morgan fingerprint density at radius 3 is 2.84 bits per heavy atom. The Hall–Kier alpha value is -2.29. The zero-order chi connectivity index (χ0) is 17.8. The lowest BCUT2D eigenvalue weighted by Gasteiger charge is -2.28. The number of halogens is 3. The predicted octanol–water partition coefficient (Wildman–Crippen LogP) is 2.28. The van der Waals surface area contributed by atoms with E-state index < -0.39 is 6.36 Å². The number of fused-ring (bicyclic) bond motifs is 3. The van der Waals surface area contributed by atoms with Crippen molar-refractivity contribution < 1.29 is 22.7 Å². The van der Waals surface area contributed by atoms with Crippen LogP contribution in [-0.4, -0.2) is 53.0 Å². The maximum atomic E-state index is 12.6. The summed E-state index contributed by atoms with van der Waals surface area (Å²) in [6, 6.07) is 4.33. The molecule has 1 aliphatic heterocycles. The summed E-state index contributed by atoms with van der Waals surface area (Å²) in [7, 11) is 2.08. The lowest BCUT2D eigenvalue weighted by atomic mass is 10.0. The van der Waals surface area contributed by atoms with Crippen LogP contribution in [0.5, 0.6) is 5.75 Å². The number of H-pyrrole nitrogens is 1. The SMILES string of the molecule is CN1C[C@@H]2C[C@H]1C[C@@H]2NC(=O)c1n[nH]c2ccc(OC(F)(F)F)cc12. The van der Waals surface area contributed by atoms with Crippen molar-refractivity contribution in [2.24, 2.45) is 5.92 Å². The molecule has 134 valence electrons. The average molecular weight is 354 g/mol. The molecule has 4 rings (SSSR count). The summed E-state index contributed by atoms with van der Waals surface area (Å²) in [4.78, 5) is 14.8. The van der Waals surface area contributed by atoms with E-state index in [4.69, 9.17) is 0 Å². The molecule has 0 spiro atoms. The summed E-state index contributed by atoms with van der Waals surface area (Å²) in [5, 5.41) is 9.92. The van der Waals surface area contributed by atoms with Gasteiger partial charge in [-0.05, 0) is 44.0 Å². The van der Waals surface area contributed by atoms with Crippen LogP contribution in [0.15, 0.2) is 18.2 Å². The molecule has 1 saturated heterocycles. The number of nitrogens with one attached hydrogen (secondary N) is 2. The third-order valence-corrected chi connectivity index (χ3v) is 5.12. The third kappa shape index (κ3) is 3.04. The highest BCUT2D eigenvalue weighted by molar-refractivity contribution is 6.05. The van der Waals surface area contributed by atoms with E-state index in [9.17, 15) is 18.0 Å². The Morgan fingerprint density at radius 2 is 2.20 bits per heavy atom. The summed E-state index contributed by atoms with van der Waals surface area (Å²) in [5.74, 6) is -0.346. The number of hydrogen-bond donors (Lipinski definition) is 2. The maximum absolute atomic E-state index is 12.6. The average Bonchev–Trinajstić information content (AvgIpc) is 3.18. The fraction of sp³-hybridized carbons (Fsp3) is 0.500. The van der Waals surface area contributed by atoms with Gasteiger partial charge >= 0.3 is 6.36 Å². The van der Waals surface area contributed by atoms with Crippen LogP contribution in [0.3, 0.4) is 0 Å². The van der Waals surface area contributed by atoms with Crippen molar-refractivity contribution in [3.63, 3.8) is 0 Å². The summed E-state index contributed by atoms with van der Waals surface area (Å²) in [5.41, 5.74) is 0.561. The second-order valence-electron chi connectivity index (χ2n) is 6.73. The molecule has 0 radical (unpaired) electrons. The normalized spacial score (nSPS) is 26.3. The number of aromatic amines is 1. The van der Waals surface area contributed by atoms with Crippen molar-refractivity contribution in [3.8, 4) is 5.75 Å². The van der Waals surface area contributed by atoms with Crippen LogP contribution in [0.2, 0.25) is 0 Å². The molecule has 1 aromatic heterocycles. The predicted molar refractivity (Wildman–Crippen MR) is 83.2 cm³/mol. The van der Waals surface area contributed by atoms with Crippen LogP contribution < -0.4 is 10.1 Å². The van der Waals surface area contributed by atoms with Gasteiger partial charge in [0.1, 0.15) is 5.75 Å². The van der Waals surface area contributed by atoms with Crippen molar-refractivity contribution in [2.75, 3.05) is 13.6 Å². The van der Waals surface area contributed by atoms with Crippen molar-refractivity contribution in [1.29, 1.82) is 0 Å². The quantitative estimate of drug-likeness (QED) is 0.887. The van der Waals surface area contributed by atoms with E-state index >= 15 is 0 Å². The standard InChI is InChI=1S/C16H17F3N4O2/c1-23-7-8-4-9(23)5-13(8)20-15(24)14-11-6-10(25-16(17,18)19)2-3-12(11)21-22-14/h2-3,6,8-9,13H,4-5,7H2,1H3,(H,20,24)(H,21,22)/t8-,9-,13-/m0/s1. The molecule has 2 aromatic rings. The number of carbonyl (C=O) groups excluding carboxylic acids is 1. The second kappa shape index (κ2) is 5.62. The van der Waals surface area contributed by atoms with Crippen molar-refractivity contribution in [2.45, 2.75) is 31.3 Å². The van der Waals surface area contributed by atoms with E-state index in [1.165, 1.54) is 18.2 Å². The Kier molecular flexibility index (Phi) is 3.64. The van der Waals surface area contributed by atoms with E-state index in [1.807, 2.05) is 0 Å². The lowest BCUT2D eigenvalue weighted by Crippen LogP contribution is -2.44. The Balaban J connectivity index is 1.54. The number of benzene rings is 1. The highest BCUT2D eigenvalue weighted by Crippen LogP contribution is 2.37. The molecule has 2 fully saturated rings. The van der Waals surface area contributed by atoms with Crippen molar-refractivity contribution >= 4 is 16.8 Å². The zero-order valence-electron chi connectivity index (χ0n) is 13.4. The lowest BCUT2D eigenvalue weighted by molar-refractivity contribution is -0.274. The molecule has 1 aliphatic carbocycles.